The number of rotatable bonds is 10. The number of carbonyl (C=O) groups excluding carboxylic acids is 2. The van der Waals surface area contributed by atoms with Crippen molar-refractivity contribution >= 4 is 29.3 Å². The summed E-state index contributed by atoms with van der Waals surface area (Å²) in [5.74, 6) is -0.183. The fraction of sp³-hybridized carbons (Fsp3) is 0.292. The van der Waals surface area contributed by atoms with Gasteiger partial charge in [-0.15, -0.1) is 0 Å². The lowest BCUT2D eigenvalue weighted by atomic mass is 10.3. The van der Waals surface area contributed by atoms with E-state index in [0.29, 0.717) is 12.6 Å². The molecule has 3 aromatic rings. The lowest BCUT2D eigenvalue weighted by molar-refractivity contribution is -0.114. The van der Waals surface area contributed by atoms with Gasteiger partial charge in [-0.05, 0) is 30.7 Å². The normalized spacial score (nSPS) is 10.5. The SMILES string of the molecule is CCCCOC(=O)c1c(NC(=O)CNc2ccccc2)nc(N(C)C)n1-c1ccccc1. The number of hydrogen-bond donors (Lipinski definition) is 2. The minimum Gasteiger partial charge on any atom is -0.461 e. The highest BCUT2D eigenvalue weighted by Gasteiger charge is 2.27. The van der Waals surface area contributed by atoms with E-state index in [-0.39, 0.29) is 24.0 Å². The molecule has 2 aromatic carbocycles. The first kappa shape index (κ1) is 22.9. The predicted molar refractivity (Wildman–Crippen MR) is 127 cm³/mol. The molecule has 0 aliphatic heterocycles. The molecule has 0 spiro atoms. The van der Waals surface area contributed by atoms with Gasteiger partial charge in [0.25, 0.3) is 0 Å². The Kier molecular flexibility index (Phi) is 7.85. The van der Waals surface area contributed by atoms with Crippen LogP contribution in [0, 0.1) is 0 Å². The van der Waals surface area contributed by atoms with E-state index in [1.165, 1.54) is 0 Å². The second kappa shape index (κ2) is 11.0. The Bertz CT molecular complexity index is 1030. The number of carbonyl (C=O) groups is 2. The smallest absolute Gasteiger partial charge is 0.359 e. The molecule has 32 heavy (non-hydrogen) atoms. The molecule has 3 rings (SSSR count). The molecule has 8 nitrogen and oxygen atoms in total. The summed E-state index contributed by atoms with van der Waals surface area (Å²) in [5, 5.41) is 5.83. The van der Waals surface area contributed by atoms with Crippen LogP contribution in [0.3, 0.4) is 0 Å². The number of nitrogens with zero attached hydrogens (tertiary/aromatic N) is 3. The lowest BCUT2D eigenvalue weighted by Gasteiger charge is -2.16. The molecule has 0 aliphatic rings. The van der Waals surface area contributed by atoms with Gasteiger partial charge in [0.15, 0.2) is 11.5 Å². The Morgan fingerprint density at radius 3 is 2.31 bits per heavy atom. The number of benzene rings is 2. The Labute approximate surface area is 188 Å². The van der Waals surface area contributed by atoms with Gasteiger partial charge in [-0.25, -0.2) is 4.79 Å². The molecule has 0 saturated carbocycles. The van der Waals surface area contributed by atoms with Crippen molar-refractivity contribution in [2.45, 2.75) is 19.8 Å². The highest BCUT2D eigenvalue weighted by atomic mass is 16.5. The minimum atomic E-state index is -0.533. The first-order chi connectivity index (χ1) is 15.5. The third-order valence-electron chi connectivity index (χ3n) is 4.68. The van der Waals surface area contributed by atoms with Crippen LogP contribution in [0.4, 0.5) is 17.5 Å². The number of nitrogens with one attached hydrogen (secondary N) is 2. The number of aromatic nitrogens is 2. The minimum absolute atomic E-state index is 0.0316. The highest BCUT2D eigenvalue weighted by molar-refractivity contribution is 6.01. The van der Waals surface area contributed by atoms with E-state index in [1.54, 1.807) is 9.47 Å². The number of unbranched alkanes of at least 4 members (excludes halogenated alkanes) is 1. The second-order valence-corrected chi connectivity index (χ2v) is 7.43. The molecule has 168 valence electrons. The van der Waals surface area contributed by atoms with Crippen LogP contribution in [0.1, 0.15) is 30.3 Å². The maximum atomic E-state index is 13.1. The van der Waals surface area contributed by atoms with Crippen LogP contribution in [0.5, 0.6) is 0 Å². The van der Waals surface area contributed by atoms with Crippen LogP contribution in [-0.4, -0.2) is 48.7 Å². The maximum Gasteiger partial charge on any atom is 0.359 e. The van der Waals surface area contributed by atoms with Gasteiger partial charge in [0, 0.05) is 25.5 Å². The third kappa shape index (κ3) is 5.66. The summed E-state index contributed by atoms with van der Waals surface area (Å²) in [5.41, 5.74) is 1.75. The summed E-state index contributed by atoms with van der Waals surface area (Å²) in [7, 11) is 3.66. The van der Waals surface area contributed by atoms with Crippen molar-refractivity contribution in [3.8, 4) is 5.69 Å². The van der Waals surface area contributed by atoms with Crippen molar-refractivity contribution in [3.63, 3.8) is 0 Å². The van der Waals surface area contributed by atoms with E-state index in [1.807, 2.05) is 81.7 Å². The van der Waals surface area contributed by atoms with Crippen molar-refractivity contribution in [1.82, 2.24) is 9.55 Å². The summed E-state index contributed by atoms with van der Waals surface area (Å²) in [6.45, 7) is 2.36. The number of amides is 1. The quantitative estimate of drug-likeness (QED) is 0.370. The fourth-order valence-corrected chi connectivity index (χ4v) is 3.10. The molecule has 0 radical (unpaired) electrons. The van der Waals surface area contributed by atoms with Crippen LogP contribution in [-0.2, 0) is 9.53 Å². The lowest BCUT2D eigenvalue weighted by Crippen LogP contribution is -2.24. The molecule has 0 unspecified atom stereocenters. The molecule has 8 heteroatoms. The molecule has 1 heterocycles. The standard InChI is InChI=1S/C24H29N5O3/c1-4-5-16-32-23(31)21-22(26-20(30)17-25-18-12-8-6-9-13-18)27-24(28(2)3)29(21)19-14-10-7-11-15-19/h6-15,25H,4-5,16-17H2,1-3H3,(H,26,30). The fourth-order valence-electron chi connectivity index (χ4n) is 3.10. The Balaban J connectivity index is 1.93. The van der Waals surface area contributed by atoms with E-state index >= 15 is 0 Å². The van der Waals surface area contributed by atoms with Crippen LogP contribution in [0.2, 0.25) is 0 Å². The van der Waals surface area contributed by atoms with Crippen molar-refractivity contribution < 1.29 is 14.3 Å². The molecular weight excluding hydrogens is 406 g/mol. The summed E-state index contributed by atoms with van der Waals surface area (Å²) in [4.78, 5) is 32.1. The molecule has 0 aliphatic carbocycles. The van der Waals surface area contributed by atoms with Gasteiger partial charge < -0.3 is 20.3 Å². The zero-order valence-corrected chi connectivity index (χ0v) is 18.7. The monoisotopic (exact) mass is 435 g/mol. The molecule has 0 bridgehead atoms. The van der Waals surface area contributed by atoms with Crippen molar-refractivity contribution in [1.29, 1.82) is 0 Å². The largest absolute Gasteiger partial charge is 0.461 e. The topological polar surface area (TPSA) is 88.5 Å². The number of hydrogen-bond acceptors (Lipinski definition) is 6. The average Bonchev–Trinajstić information content (AvgIpc) is 3.18. The zero-order valence-electron chi connectivity index (χ0n) is 18.7. The molecule has 0 fully saturated rings. The molecule has 2 N–H and O–H groups in total. The molecular formula is C24H29N5O3. The second-order valence-electron chi connectivity index (χ2n) is 7.43. The van der Waals surface area contributed by atoms with E-state index in [2.05, 4.69) is 15.6 Å². The first-order valence-corrected chi connectivity index (χ1v) is 10.6. The van der Waals surface area contributed by atoms with Crippen LogP contribution < -0.4 is 15.5 Å². The summed E-state index contributed by atoms with van der Waals surface area (Å²) in [6, 6.07) is 18.8. The average molecular weight is 436 g/mol. The van der Waals surface area contributed by atoms with Gasteiger partial charge >= 0.3 is 5.97 Å². The zero-order chi connectivity index (χ0) is 22.9. The molecule has 1 amide bonds. The van der Waals surface area contributed by atoms with Gasteiger partial charge in [0.2, 0.25) is 11.9 Å². The van der Waals surface area contributed by atoms with Gasteiger partial charge in [-0.1, -0.05) is 49.7 Å². The first-order valence-electron chi connectivity index (χ1n) is 10.6. The highest BCUT2D eigenvalue weighted by Crippen LogP contribution is 2.28. The van der Waals surface area contributed by atoms with E-state index in [4.69, 9.17) is 4.74 Å². The summed E-state index contributed by atoms with van der Waals surface area (Å²) >= 11 is 0. The molecule has 0 atom stereocenters. The predicted octanol–water partition coefficient (Wildman–Crippen LogP) is 3.95. The van der Waals surface area contributed by atoms with Gasteiger partial charge in [0.1, 0.15) is 0 Å². The number of ether oxygens (including phenoxy) is 1. The van der Waals surface area contributed by atoms with Gasteiger partial charge in [-0.3, -0.25) is 9.36 Å². The van der Waals surface area contributed by atoms with E-state index in [9.17, 15) is 9.59 Å². The van der Waals surface area contributed by atoms with Gasteiger partial charge in [-0.2, -0.15) is 4.98 Å². The number of para-hydroxylation sites is 2. The van der Waals surface area contributed by atoms with Crippen LogP contribution in [0.25, 0.3) is 5.69 Å². The molecule has 0 saturated heterocycles. The van der Waals surface area contributed by atoms with Crippen molar-refractivity contribution in [2.75, 3.05) is 42.8 Å². The Hall–Kier alpha value is -3.81. The van der Waals surface area contributed by atoms with Crippen molar-refractivity contribution in [3.05, 3.63) is 66.4 Å². The van der Waals surface area contributed by atoms with Crippen LogP contribution >= 0.6 is 0 Å². The van der Waals surface area contributed by atoms with E-state index < -0.39 is 5.97 Å². The number of anilines is 3. The molecule has 1 aromatic heterocycles. The van der Waals surface area contributed by atoms with Crippen LogP contribution in [0.15, 0.2) is 60.7 Å². The number of esters is 1. The van der Waals surface area contributed by atoms with Crippen molar-refractivity contribution in [2.24, 2.45) is 0 Å². The maximum absolute atomic E-state index is 13.1. The number of imidazole rings is 1. The summed E-state index contributed by atoms with van der Waals surface area (Å²) in [6.07, 6.45) is 1.66. The summed E-state index contributed by atoms with van der Waals surface area (Å²) < 4.78 is 7.19. The third-order valence-corrected chi connectivity index (χ3v) is 4.68. The van der Waals surface area contributed by atoms with Gasteiger partial charge in [0.05, 0.1) is 13.2 Å². The Morgan fingerprint density at radius 1 is 1.03 bits per heavy atom. The van der Waals surface area contributed by atoms with E-state index in [0.717, 1.165) is 24.2 Å². The Morgan fingerprint density at radius 2 is 1.69 bits per heavy atom.